The van der Waals surface area contributed by atoms with Gasteiger partial charge >= 0.3 is 0 Å². The zero-order chi connectivity index (χ0) is 15.9. The average molecular weight is 292 g/mol. The minimum atomic E-state index is -0.788. The molecule has 0 aromatic heterocycles. The Morgan fingerprint density at radius 2 is 1.95 bits per heavy atom. The van der Waals surface area contributed by atoms with Crippen LogP contribution in [0.3, 0.4) is 0 Å². The van der Waals surface area contributed by atoms with E-state index in [9.17, 15) is 18.8 Å². The molecule has 2 amide bonds. The van der Waals surface area contributed by atoms with E-state index in [1.807, 2.05) is 13.8 Å². The van der Waals surface area contributed by atoms with Gasteiger partial charge in [0.05, 0.1) is 11.3 Å². The van der Waals surface area contributed by atoms with Crippen molar-refractivity contribution in [2.45, 2.75) is 26.8 Å². The molecule has 0 N–H and O–H groups in total. The van der Waals surface area contributed by atoms with Crippen LogP contribution in [0.4, 0.5) is 10.1 Å². The number of benzene rings is 1. The summed E-state index contributed by atoms with van der Waals surface area (Å²) < 4.78 is 13.4. The van der Waals surface area contributed by atoms with E-state index in [0.29, 0.717) is 11.3 Å². The number of hydrogen-bond donors (Lipinski definition) is 0. The predicted octanol–water partition coefficient (Wildman–Crippen LogP) is 1.53. The van der Waals surface area contributed by atoms with Crippen LogP contribution in [0.5, 0.6) is 0 Å². The molecule has 0 spiro atoms. The summed E-state index contributed by atoms with van der Waals surface area (Å²) in [4.78, 5) is 38.7. The van der Waals surface area contributed by atoms with E-state index in [1.54, 1.807) is 14.0 Å². The number of carbonyl (C=O) groups is 3. The summed E-state index contributed by atoms with van der Waals surface area (Å²) >= 11 is 0. The van der Waals surface area contributed by atoms with Gasteiger partial charge in [0.1, 0.15) is 12.4 Å². The highest BCUT2D eigenvalue weighted by Gasteiger charge is 2.38. The largest absolute Gasteiger partial charge is 0.342 e. The topological polar surface area (TPSA) is 57.7 Å². The second-order valence-corrected chi connectivity index (χ2v) is 5.44. The highest BCUT2D eigenvalue weighted by molar-refractivity contribution is 6.52. The summed E-state index contributed by atoms with van der Waals surface area (Å²) in [6.45, 7) is 5.09. The van der Waals surface area contributed by atoms with Gasteiger partial charge in [0.25, 0.3) is 11.7 Å². The van der Waals surface area contributed by atoms with E-state index in [1.165, 1.54) is 11.0 Å². The molecule has 5 nitrogen and oxygen atoms in total. The van der Waals surface area contributed by atoms with Crippen LogP contribution < -0.4 is 4.90 Å². The van der Waals surface area contributed by atoms with Crippen LogP contribution in [-0.2, 0) is 9.59 Å². The monoisotopic (exact) mass is 292 g/mol. The minimum Gasteiger partial charge on any atom is -0.342 e. The summed E-state index contributed by atoms with van der Waals surface area (Å²) in [6, 6.07) is 2.27. The standard InChI is InChI=1S/C15H17FN2O3/c1-8(2)17(4)12(19)7-18-13-9(3)5-10(16)6-11(13)14(20)15(18)21/h5-6,8H,7H2,1-4H3. The number of likely N-dealkylation sites (N-methyl/N-ethyl adjacent to an activating group) is 1. The molecule has 0 radical (unpaired) electrons. The van der Waals surface area contributed by atoms with E-state index in [-0.39, 0.29) is 24.1 Å². The van der Waals surface area contributed by atoms with Crippen molar-refractivity contribution in [3.63, 3.8) is 0 Å². The van der Waals surface area contributed by atoms with E-state index in [4.69, 9.17) is 0 Å². The fourth-order valence-corrected chi connectivity index (χ4v) is 2.29. The Morgan fingerprint density at radius 1 is 1.33 bits per heavy atom. The number of amides is 2. The van der Waals surface area contributed by atoms with Gasteiger partial charge in [-0.05, 0) is 38.5 Å². The average Bonchev–Trinajstić information content (AvgIpc) is 2.63. The summed E-state index contributed by atoms with van der Waals surface area (Å²) in [5.41, 5.74) is 0.818. The number of ketones is 1. The number of halogens is 1. The fourth-order valence-electron chi connectivity index (χ4n) is 2.29. The predicted molar refractivity (Wildman–Crippen MR) is 75.7 cm³/mol. The van der Waals surface area contributed by atoms with Crippen molar-refractivity contribution in [1.29, 1.82) is 0 Å². The summed E-state index contributed by atoms with van der Waals surface area (Å²) in [5, 5.41) is 0. The van der Waals surface area contributed by atoms with Crippen LogP contribution in [0.2, 0.25) is 0 Å². The smallest absolute Gasteiger partial charge is 0.299 e. The van der Waals surface area contributed by atoms with Gasteiger partial charge in [-0.25, -0.2) is 4.39 Å². The summed E-state index contributed by atoms with van der Waals surface area (Å²) in [7, 11) is 1.63. The molecule has 1 aromatic rings. The van der Waals surface area contributed by atoms with Crippen molar-refractivity contribution in [2.75, 3.05) is 18.5 Å². The number of fused-ring (bicyclic) bond motifs is 1. The Hall–Kier alpha value is -2.24. The van der Waals surface area contributed by atoms with Crippen LogP contribution in [-0.4, -0.2) is 42.1 Å². The molecule has 1 aliphatic rings. The molecule has 0 aliphatic carbocycles. The fraction of sp³-hybridized carbons (Fsp3) is 0.400. The van der Waals surface area contributed by atoms with Crippen molar-refractivity contribution < 1.29 is 18.8 Å². The first-order valence-corrected chi connectivity index (χ1v) is 6.66. The maximum Gasteiger partial charge on any atom is 0.299 e. The molecular formula is C15H17FN2O3. The van der Waals surface area contributed by atoms with Crippen molar-refractivity contribution in [1.82, 2.24) is 4.90 Å². The van der Waals surface area contributed by atoms with Gasteiger partial charge in [0.15, 0.2) is 0 Å². The third-order valence-corrected chi connectivity index (χ3v) is 3.68. The van der Waals surface area contributed by atoms with Crippen molar-refractivity contribution in [2.24, 2.45) is 0 Å². The SMILES string of the molecule is Cc1cc(F)cc2c1N(CC(=O)N(C)C(C)C)C(=O)C2=O. The lowest BCUT2D eigenvalue weighted by Gasteiger charge is -2.25. The van der Waals surface area contributed by atoms with Crippen LogP contribution in [0, 0.1) is 12.7 Å². The number of hydrogen-bond acceptors (Lipinski definition) is 3. The van der Waals surface area contributed by atoms with Crippen molar-refractivity contribution >= 4 is 23.3 Å². The lowest BCUT2D eigenvalue weighted by molar-refractivity contribution is -0.131. The first-order chi connectivity index (χ1) is 9.73. The van der Waals surface area contributed by atoms with Crippen LogP contribution in [0.1, 0.15) is 29.8 Å². The number of nitrogens with zero attached hydrogens (tertiary/aromatic N) is 2. The van der Waals surface area contributed by atoms with Gasteiger partial charge in [-0.3, -0.25) is 19.3 Å². The molecule has 0 atom stereocenters. The molecule has 0 saturated carbocycles. The Bertz CT molecular complexity index is 640. The van der Waals surface area contributed by atoms with E-state index < -0.39 is 17.5 Å². The van der Waals surface area contributed by atoms with Crippen molar-refractivity contribution in [3.8, 4) is 0 Å². The number of anilines is 1. The normalized spacial score (nSPS) is 13.9. The van der Waals surface area contributed by atoms with E-state index in [0.717, 1.165) is 11.0 Å². The first kappa shape index (κ1) is 15.2. The zero-order valence-corrected chi connectivity index (χ0v) is 12.4. The molecule has 2 rings (SSSR count). The maximum atomic E-state index is 13.4. The number of aryl methyl sites for hydroxylation is 1. The Balaban J connectivity index is 2.38. The maximum absolute atomic E-state index is 13.4. The third-order valence-electron chi connectivity index (χ3n) is 3.68. The molecule has 112 valence electrons. The zero-order valence-electron chi connectivity index (χ0n) is 12.4. The number of carbonyl (C=O) groups excluding carboxylic acids is 3. The Kier molecular flexibility index (Phi) is 3.80. The summed E-state index contributed by atoms with van der Waals surface area (Å²) in [6.07, 6.45) is 0. The molecule has 1 aliphatic heterocycles. The second kappa shape index (κ2) is 5.27. The quantitative estimate of drug-likeness (QED) is 0.794. The molecular weight excluding hydrogens is 275 g/mol. The van der Waals surface area contributed by atoms with Crippen LogP contribution in [0.15, 0.2) is 12.1 Å². The molecule has 1 aromatic carbocycles. The highest BCUT2D eigenvalue weighted by atomic mass is 19.1. The number of Topliss-reactive ketones (excluding diaryl/α,β-unsaturated/α-hetero) is 1. The van der Waals surface area contributed by atoms with Gasteiger partial charge in [-0.15, -0.1) is 0 Å². The van der Waals surface area contributed by atoms with Gasteiger partial charge < -0.3 is 4.90 Å². The van der Waals surface area contributed by atoms with Gasteiger partial charge in [-0.1, -0.05) is 0 Å². The molecule has 21 heavy (non-hydrogen) atoms. The molecule has 0 bridgehead atoms. The number of rotatable bonds is 3. The third kappa shape index (κ3) is 2.53. The lowest BCUT2D eigenvalue weighted by atomic mass is 10.1. The van der Waals surface area contributed by atoms with Gasteiger partial charge in [-0.2, -0.15) is 0 Å². The molecule has 0 saturated heterocycles. The first-order valence-electron chi connectivity index (χ1n) is 6.66. The summed E-state index contributed by atoms with van der Waals surface area (Å²) in [5.74, 6) is -2.40. The highest BCUT2D eigenvalue weighted by Crippen LogP contribution is 2.33. The Morgan fingerprint density at radius 3 is 2.52 bits per heavy atom. The molecule has 0 fully saturated rings. The second-order valence-electron chi connectivity index (χ2n) is 5.44. The lowest BCUT2D eigenvalue weighted by Crippen LogP contribution is -2.43. The van der Waals surface area contributed by atoms with Gasteiger partial charge in [0, 0.05) is 13.1 Å². The van der Waals surface area contributed by atoms with E-state index >= 15 is 0 Å². The van der Waals surface area contributed by atoms with Crippen molar-refractivity contribution in [3.05, 3.63) is 29.1 Å². The van der Waals surface area contributed by atoms with Crippen LogP contribution in [0.25, 0.3) is 0 Å². The molecule has 6 heteroatoms. The van der Waals surface area contributed by atoms with E-state index in [2.05, 4.69) is 0 Å². The minimum absolute atomic E-state index is 0.0142. The molecule has 1 heterocycles. The van der Waals surface area contributed by atoms with Crippen LogP contribution >= 0.6 is 0 Å². The molecule has 0 unspecified atom stereocenters. The van der Waals surface area contributed by atoms with Gasteiger partial charge in [0.2, 0.25) is 5.91 Å². The Labute approximate surface area is 122 Å².